The number of rotatable bonds is 3. The van der Waals surface area contributed by atoms with Gasteiger partial charge in [-0.15, -0.1) is 5.10 Å². The molecule has 0 amide bonds. The molecular weight excluding hydrogens is 436 g/mol. The highest BCUT2D eigenvalue weighted by atomic mass is 35.5. The zero-order valence-electron chi connectivity index (χ0n) is 19.3. The second-order valence-electron chi connectivity index (χ2n) is 12.2. The van der Waals surface area contributed by atoms with E-state index in [4.69, 9.17) is 11.6 Å². The predicted octanol–water partition coefficient (Wildman–Crippen LogP) is 4.68. The van der Waals surface area contributed by atoms with Crippen LogP contribution in [0.15, 0.2) is 12.3 Å². The fourth-order valence-electron chi connectivity index (χ4n) is 9.42. The first-order valence-corrected chi connectivity index (χ1v) is 13.3. The predicted molar refractivity (Wildman–Crippen MR) is 124 cm³/mol. The summed E-state index contributed by atoms with van der Waals surface area (Å²) in [5.74, 6) is 4.80. The summed E-state index contributed by atoms with van der Waals surface area (Å²) in [4.78, 5) is 17.9. The van der Waals surface area contributed by atoms with Crippen LogP contribution >= 0.6 is 11.6 Å². The molecule has 1 N–H and O–H groups in total. The molecule has 2 aromatic rings. The Kier molecular flexibility index (Phi) is 4.42. The number of pyridine rings is 1. The number of fused-ring (bicyclic) bond motifs is 8. The van der Waals surface area contributed by atoms with Gasteiger partial charge in [-0.05, 0) is 105 Å². The van der Waals surface area contributed by atoms with Crippen molar-refractivity contribution in [2.45, 2.75) is 76.9 Å². The maximum atomic E-state index is 13.6. The average molecular weight is 469 g/mol. The van der Waals surface area contributed by atoms with E-state index in [1.165, 1.54) is 38.5 Å². The number of hydrogen-bond acceptors (Lipinski definition) is 5. The van der Waals surface area contributed by atoms with Crippen molar-refractivity contribution in [1.29, 1.82) is 0 Å². The summed E-state index contributed by atoms with van der Waals surface area (Å²) in [7, 11) is 0. The number of hydrogen-bond donors (Lipinski definition) is 1. The minimum Gasteiger partial charge on any atom is -0.390 e. The van der Waals surface area contributed by atoms with Crippen molar-refractivity contribution in [3.63, 3.8) is 0 Å². The van der Waals surface area contributed by atoms with Gasteiger partial charge in [-0.25, -0.2) is 9.67 Å². The molecule has 0 spiro atoms. The fourth-order valence-corrected chi connectivity index (χ4v) is 9.57. The van der Waals surface area contributed by atoms with Crippen LogP contribution in [0.1, 0.15) is 64.7 Å². The minimum atomic E-state index is -0.298. The van der Waals surface area contributed by atoms with Crippen LogP contribution in [0.5, 0.6) is 0 Å². The largest absolute Gasteiger partial charge is 0.390 e. The van der Waals surface area contributed by atoms with E-state index in [2.05, 4.69) is 22.2 Å². The van der Waals surface area contributed by atoms with Crippen molar-refractivity contribution in [1.82, 2.24) is 20.0 Å². The van der Waals surface area contributed by atoms with Gasteiger partial charge in [0.25, 0.3) is 0 Å². The number of Topliss-reactive ketones (excluding diaryl/α,β-unsaturated/α-hetero) is 1. The van der Waals surface area contributed by atoms with Gasteiger partial charge >= 0.3 is 0 Å². The first-order valence-electron chi connectivity index (χ1n) is 13.0. The van der Waals surface area contributed by atoms with Gasteiger partial charge in [0.1, 0.15) is 12.1 Å². The summed E-state index contributed by atoms with van der Waals surface area (Å²) >= 11 is 6.03. The lowest BCUT2D eigenvalue weighted by Gasteiger charge is -2.56. The number of ketones is 1. The third kappa shape index (κ3) is 2.95. The second kappa shape index (κ2) is 7.00. The van der Waals surface area contributed by atoms with Crippen LogP contribution in [0.2, 0.25) is 5.02 Å². The summed E-state index contributed by atoms with van der Waals surface area (Å²) in [6.45, 7) is 2.66. The van der Waals surface area contributed by atoms with Crippen molar-refractivity contribution < 1.29 is 9.90 Å². The molecule has 2 aromatic heterocycles. The molecule has 176 valence electrons. The molecule has 33 heavy (non-hydrogen) atoms. The van der Waals surface area contributed by atoms with Crippen LogP contribution in [0.25, 0.3) is 11.2 Å². The first kappa shape index (κ1) is 20.8. The van der Waals surface area contributed by atoms with Crippen molar-refractivity contribution >= 4 is 28.5 Å². The van der Waals surface area contributed by atoms with E-state index < -0.39 is 0 Å². The minimum absolute atomic E-state index is 0.104. The Morgan fingerprint density at radius 1 is 1.09 bits per heavy atom. The number of carbonyl (C=O) groups is 1. The Balaban J connectivity index is 1.10. The standard InChI is InChI=1S/C26H33ClN4O2/c1-25-8-6-15-16-7-9-26(33)11-21(26)18(16)3-2-17(15)19(25)4-5-20(25)23(32)13-31-24-22(29-30-31)10-14(27)12-28-24/h10,12,15-21,33H,2-9,11,13H2,1H3/t15-,16-,17-,18+,19+,20-,21?,25+,26+/m1/s1. The third-order valence-corrected chi connectivity index (χ3v) is 11.2. The molecule has 0 aromatic carbocycles. The number of aromatic nitrogens is 4. The summed E-state index contributed by atoms with van der Waals surface area (Å²) in [6.07, 6.45) is 12.1. The third-order valence-electron chi connectivity index (χ3n) is 11.0. The lowest BCUT2D eigenvalue weighted by atomic mass is 9.49. The highest BCUT2D eigenvalue weighted by molar-refractivity contribution is 6.31. The van der Waals surface area contributed by atoms with E-state index in [1.54, 1.807) is 16.9 Å². The Morgan fingerprint density at radius 3 is 2.67 bits per heavy atom. The van der Waals surface area contributed by atoms with Gasteiger partial charge in [0.05, 0.1) is 10.6 Å². The van der Waals surface area contributed by atoms with E-state index in [0.29, 0.717) is 28.0 Å². The second-order valence-corrected chi connectivity index (χ2v) is 12.6. The Labute approximate surface area is 199 Å². The molecule has 6 nitrogen and oxygen atoms in total. The van der Waals surface area contributed by atoms with Gasteiger partial charge in [-0.1, -0.05) is 23.7 Å². The number of carbonyl (C=O) groups excluding carboxylic acids is 1. The SMILES string of the molecule is C[C@]12CC[C@@H]3[C@H]4CC[C@]5(O)CC5[C@H]4CC[C@H]3[C@@H]1CC[C@@H]2C(=O)Cn1nnc2cc(Cl)cnc21. The fraction of sp³-hybridized carbons (Fsp3) is 0.769. The van der Waals surface area contributed by atoms with Gasteiger partial charge in [0.15, 0.2) is 11.4 Å². The lowest BCUT2D eigenvalue weighted by molar-refractivity contribution is -0.131. The molecule has 2 heterocycles. The van der Waals surface area contributed by atoms with Crippen LogP contribution < -0.4 is 0 Å². The van der Waals surface area contributed by atoms with E-state index in [9.17, 15) is 9.90 Å². The molecule has 5 fully saturated rings. The topological polar surface area (TPSA) is 80.9 Å². The van der Waals surface area contributed by atoms with Crippen LogP contribution in [0, 0.1) is 46.8 Å². The van der Waals surface area contributed by atoms with Crippen LogP contribution in [0.4, 0.5) is 0 Å². The maximum Gasteiger partial charge on any atom is 0.178 e. The van der Waals surface area contributed by atoms with E-state index in [0.717, 1.165) is 42.9 Å². The summed E-state index contributed by atoms with van der Waals surface area (Å²) < 4.78 is 1.65. The van der Waals surface area contributed by atoms with Crippen molar-refractivity contribution in [3.8, 4) is 0 Å². The van der Waals surface area contributed by atoms with Gasteiger partial charge in [0, 0.05) is 12.1 Å². The first-order chi connectivity index (χ1) is 15.9. The molecule has 5 aliphatic carbocycles. The van der Waals surface area contributed by atoms with E-state index >= 15 is 0 Å². The van der Waals surface area contributed by atoms with Crippen LogP contribution in [-0.4, -0.2) is 36.5 Å². The van der Waals surface area contributed by atoms with Gasteiger partial charge in [0.2, 0.25) is 0 Å². The lowest BCUT2D eigenvalue weighted by Crippen LogP contribution is -2.50. The average Bonchev–Trinajstić information content (AvgIpc) is 3.15. The summed E-state index contributed by atoms with van der Waals surface area (Å²) in [6, 6.07) is 1.75. The Hall–Kier alpha value is -1.53. The molecule has 0 radical (unpaired) electrons. The highest BCUT2D eigenvalue weighted by Crippen LogP contribution is 2.68. The molecule has 5 saturated carbocycles. The Morgan fingerprint density at radius 2 is 1.85 bits per heavy atom. The summed E-state index contributed by atoms with van der Waals surface area (Å²) in [5.41, 5.74) is 1.07. The molecule has 0 saturated heterocycles. The molecule has 0 aliphatic heterocycles. The molecule has 9 atom stereocenters. The van der Waals surface area contributed by atoms with Crippen molar-refractivity contribution in [3.05, 3.63) is 17.3 Å². The quantitative estimate of drug-likeness (QED) is 0.707. The molecule has 0 bridgehead atoms. The summed E-state index contributed by atoms with van der Waals surface area (Å²) in [5, 5.41) is 19.6. The molecule has 5 aliphatic rings. The number of aliphatic hydroxyl groups is 1. The molecule has 7 heteroatoms. The van der Waals surface area contributed by atoms with E-state index in [1.807, 2.05) is 0 Å². The van der Waals surface area contributed by atoms with Crippen molar-refractivity contribution in [2.24, 2.45) is 46.8 Å². The maximum absolute atomic E-state index is 13.6. The molecular formula is C26H33ClN4O2. The normalized spacial score (nSPS) is 45.7. The molecule has 1 unspecified atom stereocenters. The van der Waals surface area contributed by atoms with Crippen LogP contribution in [-0.2, 0) is 11.3 Å². The zero-order valence-corrected chi connectivity index (χ0v) is 20.0. The monoisotopic (exact) mass is 468 g/mol. The zero-order chi connectivity index (χ0) is 22.5. The van der Waals surface area contributed by atoms with Crippen molar-refractivity contribution in [2.75, 3.05) is 0 Å². The smallest absolute Gasteiger partial charge is 0.178 e. The number of nitrogens with zero attached hydrogens (tertiary/aromatic N) is 4. The van der Waals surface area contributed by atoms with Gasteiger partial charge in [-0.3, -0.25) is 4.79 Å². The highest BCUT2D eigenvalue weighted by Gasteiger charge is 2.65. The van der Waals surface area contributed by atoms with Crippen LogP contribution in [0.3, 0.4) is 0 Å². The Bertz CT molecular complexity index is 1130. The van der Waals surface area contributed by atoms with E-state index in [-0.39, 0.29) is 29.3 Å². The molecule has 7 rings (SSSR count). The number of halogens is 1. The van der Waals surface area contributed by atoms with Gasteiger partial charge in [-0.2, -0.15) is 0 Å². The van der Waals surface area contributed by atoms with Gasteiger partial charge < -0.3 is 5.11 Å².